The number of H-pyrrole nitrogens is 1. The number of benzene rings is 1. The van der Waals surface area contributed by atoms with Crippen LogP contribution in [0.25, 0.3) is 0 Å². The normalized spacial score (nSPS) is 10.4. The van der Waals surface area contributed by atoms with Crippen molar-refractivity contribution in [2.45, 2.75) is 19.8 Å². The van der Waals surface area contributed by atoms with Crippen LogP contribution in [0.1, 0.15) is 22.8 Å². The van der Waals surface area contributed by atoms with Gasteiger partial charge in [-0.15, -0.1) is 0 Å². The number of aliphatic carboxylic acids is 1. The molecule has 1 aromatic heterocycles. The Balaban J connectivity index is 2.13. The van der Waals surface area contributed by atoms with E-state index in [-0.39, 0.29) is 12.1 Å². The second kappa shape index (κ2) is 5.52. The van der Waals surface area contributed by atoms with Crippen LogP contribution in [-0.2, 0) is 17.6 Å². The molecule has 0 amide bonds. The first-order chi connectivity index (χ1) is 9.45. The van der Waals surface area contributed by atoms with Gasteiger partial charge < -0.3 is 10.1 Å². The summed E-state index contributed by atoms with van der Waals surface area (Å²) in [5, 5.41) is 19.3. The van der Waals surface area contributed by atoms with Crippen LogP contribution < -0.4 is 0 Å². The van der Waals surface area contributed by atoms with Crippen molar-refractivity contribution in [3.63, 3.8) is 0 Å². The van der Waals surface area contributed by atoms with Crippen molar-refractivity contribution in [3.8, 4) is 0 Å². The molecule has 0 saturated heterocycles. The Morgan fingerprint density at radius 2 is 2.05 bits per heavy atom. The molecule has 1 heterocycles. The first kappa shape index (κ1) is 13.7. The maximum absolute atomic E-state index is 10.7. The van der Waals surface area contributed by atoms with Gasteiger partial charge >= 0.3 is 5.97 Å². The molecule has 0 bridgehead atoms. The van der Waals surface area contributed by atoms with E-state index < -0.39 is 10.9 Å². The van der Waals surface area contributed by atoms with Gasteiger partial charge in [0.2, 0.25) is 0 Å². The molecule has 7 nitrogen and oxygen atoms in total. The SMILES string of the molecule is Cc1[nH]c(Cc2ccc([N+](=O)[O-])cc2)nc1CC(=O)O. The Labute approximate surface area is 114 Å². The van der Waals surface area contributed by atoms with Crippen LogP contribution in [0.15, 0.2) is 24.3 Å². The number of aromatic nitrogens is 2. The highest BCUT2D eigenvalue weighted by Crippen LogP contribution is 2.15. The van der Waals surface area contributed by atoms with Crippen molar-refractivity contribution < 1.29 is 14.8 Å². The van der Waals surface area contributed by atoms with E-state index in [1.54, 1.807) is 19.1 Å². The summed E-state index contributed by atoms with van der Waals surface area (Å²) >= 11 is 0. The quantitative estimate of drug-likeness (QED) is 0.639. The van der Waals surface area contributed by atoms with Gasteiger partial charge in [0.15, 0.2) is 0 Å². The number of aryl methyl sites for hydroxylation is 1. The number of non-ortho nitro benzene ring substituents is 1. The molecule has 0 aliphatic heterocycles. The lowest BCUT2D eigenvalue weighted by Crippen LogP contribution is -2.01. The van der Waals surface area contributed by atoms with Crippen molar-refractivity contribution in [2.75, 3.05) is 0 Å². The standard InChI is InChI=1S/C13H13N3O4/c1-8-11(7-13(17)18)15-12(14-8)6-9-2-4-10(5-3-9)16(19)20/h2-5H,6-7H2,1H3,(H,14,15)(H,17,18). The van der Waals surface area contributed by atoms with Gasteiger partial charge in [0, 0.05) is 24.2 Å². The van der Waals surface area contributed by atoms with Gasteiger partial charge in [-0.2, -0.15) is 0 Å². The molecule has 1 aromatic carbocycles. The third-order valence-corrected chi connectivity index (χ3v) is 2.87. The molecule has 0 unspecified atom stereocenters. The average Bonchev–Trinajstić information content (AvgIpc) is 2.69. The molecule has 0 atom stereocenters. The van der Waals surface area contributed by atoms with E-state index >= 15 is 0 Å². The van der Waals surface area contributed by atoms with Crippen molar-refractivity contribution in [2.24, 2.45) is 0 Å². The van der Waals surface area contributed by atoms with Crippen molar-refractivity contribution in [3.05, 3.63) is 57.2 Å². The molecular formula is C13H13N3O4. The summed E-state index contributed by atoms with van der Waals surface area (Å²) in [4.78, 5) is 28.0. The lowest BCUT2D eigenvalue weighted by molar-refractivity contribution is -0.384. The number of hydrogen-bond acceptors (Lipinski definition) is 4. The predicted molar refractivity (Wildman–Crippen MR) is 70.6 cm³/mol. The summed E-state index contributed by atoms with van der Waals surface area (Å²) in [6.45, 7) is 1.77. The lowest BCUT2D eigenvalue weighted by atomic mass is 10.1. The van der Waals surface area contributed by atoms with Crippen LogP contribution >= 0.6 is 0 Å². The van der Waals surface area contributed by atoms with Gasteiger partial charge in [-0.1, -0.05) is 12.1 Å². The van der Waals surface area contributed by atoms with Crippen LogP contribution in [0.4, 0.5) is 5.69 Å². The average molecular weight is 275 g/mol. The fourth-order valence-electron chi connectivity index (χ4n) is 1.89. The molecule has 2 rings (SSSR count). The summed E-state index contributed by atoms with van der Waals surface area (Å²) < 4.78 is 0. The van der Waals surface area contributed by atoms with E-state index in [1.807, 2.05) is 0 Å². The molecule has 7 heteroatoms. The Bertz CT molecular complexity index is 646. The fourth-order valence-corrected chi connectivity index (χ4v) is 1.89. The molecular weight excluding hydrogens is 262 g/mol. The third-order valence-electron chi connectivity index (χ3n) is 2.87. The van der Waals surface area contributed by atoms with Crippen LogP contribution in [0, 0.1) is 17.0 Å². The van der Waals surface area contributed by atoms with Gasteiger partial charge in [-0.3, -0.25) is 14.9 Å². The Morgan fingerprint density at radius 1 is 1.40 bits per heavy atom. The molecule has 0 aliphatic rings. The highest BCUT2D eigenvalue weighted by Gasteiger charge is 2.11. The minimum absolute atomic E-state index is 0.0379. The van der Waals surface area contributed by atoms with Crippen molar-refractivity contribution in [1.82, 2.24) is 9.97 Å². The summed E-state index contributed by atoms with van der Waals surface area (Å²) in [5.74, 6) is -0.283. The highest BCUT2D eigenvalue weighted by molar-refractivity contribution is 5.69. The number of nitrogens with one attached hydrogen (secondary N) is 1. The van der Waals surface area contributed by atoms with E-state index in [0.717, 1.165) is 11.3 Å². The summed E-state index contributed by atoms with van der Waals surface area (Å²) in [6.07, 6.45) is 0.348. The highest BCUT2D eigenvalue weighted by atomic mass is 16.6. The van der Waals surface area contributed by atoms with E-state index in [4.69, 9.17) is 5.11 Å². The lowest BCUT2D eigenvalue weighted by Gasteiger charge is -1.98. The van der Waals surface area contributed by atoms with E-state index in [0.29, 0.717) is 17.9 Å². The monoisotopic (exact) mass is 275 g/mol. The first-order valence-electron chi connectivity index (χ1n) is 5.95. The zero-order chi connectivity index (χ0) is 14.7. The van der Waals surface area contributed by atoms with E-state index in [9.17, 15) is 14.9 Å². The van der Waals surface area contributed by atoms with Crippen molar-refractivity contribution >= 4 is 11.7 Å². The number of imidazole rings is 1. The molecule has 0 radical (unpaired) electrons. The largest absolute Gasteiger partial charge is 0.481 e. The van der Waals surface area contributed by atoms with Crippen LogP contribution in [-0.4, -0.2) is 26.0 Å². The Kier molecular flexibility index (Phi) is 3.79. The number of aromatic amines is 1. The molecule has 0 fully saturated rings. The number of nitrogens with zero attached hydrogens (tertiary/aromatic N) is 2. The molecule has 20 heavy (non-hydrogen) atoms. The number of rotatable bonds is 5. The number of carboxylic acids is 1. The second-order valence-electron chi connectivity index (χ2n) is 4.43. The molecule has 0 spiro atoms. The van der Waals surface area contributed by atoms with Crippen molar-refractivity contribution in [1.29, 1.82) is 0 Å². The smallest absolute Gasteiger partial charge is 0.309 e. The molecule has 0 saturated carbocycles. The zero-order valence-corrected chi connectivity index (χ0v) is 10.8. The predicted octanol–water partition coefficient (Wildman–Crippen LogP) is 1.84. The summed E-state index contributed by atoms with van der Waals surface area (Å²) in [7, 11) is 0. The topological polar surface area (TPSA) is 109 Å². The first-order valence-corrected chi connectivity index (χ1v) is 5.95. The Morgan fingerprint density at radius 3 is 2.60 bits per heavy atom. The van der Waals surface area contributed by atoms with Gasteiger partial charge in [0.1, 0.15) is 5.82 Å². The van der Waals surface area contributed by atoms with Crippen LogP contribution in [0.3, 0.4) is 0 Å². The summed E-state index contributed by atoms with van der Waals surface area (Å²) in [6, 6.07) is 6.19. The number of carboxylic acid groups (broad SMARTS) is 1. The fraction of sp³-hybridized carbons (Fsp3) is 0.231. The molecule has 2 aromatic rings. The number of hydrogen-bond donors (Lipinski definition) is 2. The van der Waals surface area contributed by atoms with Crippen LogP contribution in [0.2, 0.25) is 0 Å². The molecule has 2 N–H and O–H groups in total. The van der Waals surface area contributed by atoms with Gasteiger partial charge in [0.05, 0.1) is 17.0 Å². The zero-order valence-electron chi connectivity index (χ0n) is 10.8. The third kappa shape index (κ3) is 3.19. The summed E-state index contributed by atoms with van der Waals surface area (Å²) in [5.41, 5.74) is 2.14. The molecule has 0 aliphatic carbocycles. The maximum atomic E-state index is 10.7. The van der Waals surface area contributed by atoms with E-state index in [2.05, 4.69) is 9.97 Å². The van der Waals surface area contributed by atoms with Gasteiger partial charge in [-0.25, -0.2) is 4.98 Å². The van der Waals surface area contributed by atoms with E-state index in [1.165, 1.54) is 12.1 Å². The molecule has 104 valence electrons. The maximum Gasteiger partial charge on any atom is 0.309 e. The second-order valence-corrected chi connectivity index (χ2v) is 4.43. The van der Waals surface area contributed by atoms with Gasteiger partial charge in [-0.05, 0) is 12.5 Å². The number of carbonyl (C=O) groups is 1. The minimum atomic E-state index is -0.929. The van der Waals surface area contributed by atoms with Crippen LogP contribution in [0.5, 0.6) is 0 Å². The Hall–Kier alpha value is -2.70. The minimum Gasteiger partial charge on any atom is -0.481 e. The number of nitro groups is 1. The van der Waals surface area contributed by atoms with Gasteiger partial charge in [0.25, 0.3) is 5.69 Å². The number of nitro benzene ring substituents is 1.